The van der Waals surface area contributed by atoms with E-state index in [1.54, 1.807) is 43.5 Å². The molecular formula is C21H21FN6O3S. The lowest BCUT2D eigenvalue weighted by Crippen LogP contribution is -2.35. The second-order valence-corrected chi connectivity index (χ2v) is 9.16. The predicted octanol–water partition coefficient (Wildman–Crippen LogP) is 2.74. The SMILES string of the molecule is CN(C)c1cnnc(S(=O)(=O)NC(=O)Nc2c(-c3ccncc3)cc(F)c3c2CCC3)c1. The molecule has 3 aromatic rings. The number of benzene rings is 1. The third-order valence-electron chi connectivity index (χ3n) is 5.21. The Hall–Kier alpha value is -3.60. The fourth-order valence-electron chi connectivity index (χ4n) is 3.66. The molecule has 0 radical (unpaired) electrons. The summed E-state index contributed by atoms with van der Waals surface area (Å²) < 4.78 is 42.0. The van der Waals surface area contributed by atoms with Crippen LogP contribution in [0, 0.1) is 5.82 Å². The van der Waals surface area contributed by atoms with Gasteiger partial charge in [0, 0.05) is 38.1 Å². The number of amides is 2. The highest BCUT2D eigenvalue weighted by molar-refractivity contribution is 7.90. The number of pyridine rings is 1. The predicted molar refractivity (Wildman–Crippen MR) is 117 cm³/mol. The quantitative estimate of drug-likeness (QED) is 0.606. The van der Waals surface area contributed by atoms with Crippen LogP contribution < -0.4 is 14.9 Å². The highest BCUT2D eigenvalue weighted by Crippen LogP contribution is 2.39. The minimum Gasteiger partial charge on any atom is -0.376 e. The Bertz CT molecular complexity index is 1280. The van der Waals surface area contributed by atoms with E-state index >= 15 is 0 Å². The molecule has 166 valence electrons. The van der Waals surface area contributed by atoms with Crippen LogP contribution in [0.3, 0.4) is 0 Å². The number of nitrogens with one attached hydrogen (secondary N) is 2. The third-order valence-corrected chi connectivity index (χ3v) is 6.42. The molecule has 0 atom stereocenters. The van der Waals surface area contributed by atoms with Gasteiger partial charge in [-0.3, -0.25) is 4.98 Å². The number of fused-ring (bicyclic) bond motifs is 1. The van der Waals surface area contributed by atoms with Gasteiger partial charge in [-0.1, -0.05) is 0 Å². The molecule has 0 saturated heterocycles. The van der Waals surface area contributed by atoms with Gasteiger partial charge in [-0.15, -0.1) is 5.10 Å². The van der Waals surface area contributed by atoms with Gasteiger partial charge >= 0.3 is 6.03 Å². The second-order valence-electron chi connectivity index (χ2n) is 7.53. The summed E-state index contributed by atoms with van der Waals surface area (Å²) in [5, 5.41) is 9.54. The van der Waals surface area contributed by atoms with E-state index in [0.717, 1.165) is 6.42 Å². The fraction of sp³-hybridized carbons (Fsp3) is 0.238. The monoisotopic (exact) mass is 456 g/mol. The first-order valence-electron chi connectivity index (χ1n) is 9.85. The maximum Gasteiger partial charge on any atom is 0.333 e. The lowest BCUT2D eigenvalue weighted by atomic mass is 9.97. The largest absolute Gasteiger partial charge is 0.376 e. The van der Waals surface area contributed by atoms with E-state index in [4.69, 9.17) is 0 Å². The molecule has 2 amide bonds. The summed E-state index contributed by atoms with van der Waals surface area (Å²) in [6.45, 7) is 0. The van der Waals surface area contributed by atoms with Gasteiger partial charge in [0.2, 0.25) is 0 Å². The Morgan fingerprint density at radius 3 is 2.56 bits per heavy atom. The fourth-order valence-corrected chi connectivity index (χ4v) is 4.49. The summed E-state index contributed by atoms with van der Waals surface area (Å²) in [6, 6.07) is 5.07. The Balaban J connectivity index is 1.67. The lowest BCUT2D eigenvalue weighted by molar-refractivity contribution is 0.256. The highest BCUT2D eigenvalue weighted by Gasteiger charge is 2.26. The number of nitrogens with zero attached hydrogens (tertiary/aromatic N) is 4. The van der Waals surface area contributed by atoms with Crippen molar-refractivity contribution in [3.63, 3.8) is 0 Å². The van der Waals surface area contributed by atoms with Gasteiger partial charge < -0.3 is 10.2 Å². The molecule has 0 bridgehead atoms. The van der Waals surface area contributed by atoms with E-state index < -0.39 is 21.1 Å². The van der Waals surface area contributed by atoms with Crippen molar-refractivity contribution >= 4 is 27.4 Å². The van der Waals surface area contributed by atoms with Crippen molar-refractivity contribution in [2.45, 2.75) is 24.3 Å². The standard InChI is InChI=1S/C21H21FN6O3S/c1-28(2)14-10-19(26-24-12-14)32(30,31)27-21(29)25-20-16-5-3-4-15(16)18(22)11-17(20)13-6-8-23-9-7-13/h6-12H,3-5H2,1-2H3,(H2,25,27,29). The lowest BCUT2D eigenvalue weighted by Gasteiger charge is -2.17. The van der Waals surface area contributed by atoms with Gasteiger partial charge in [-0.05, 0) is 54.2 Å². The van der Waals surface area contributed by atoms with Crippen molar-refractivity contribution in [3.8, 4) is 11.1 Å². The van der Waals surface area contributed by atoms with Gasteiger partial charge in [0.25, 0.3) is 10.0 Å². The van der Waals surface area contributed by atoms with Gasteiger partial charge in [0.1, 0.15) is 5.82 Å². The summed E-state index contributed by atoms with van der Waals surface area (Å²) in [6.07, 6.45) is 6.40. The molecule has 11 heteroatoms. The van der Waals surface area contributed by atoms with Crippen molar-refractivity contribution < 1.29 is 17.6 Å². The Kier molecular flexibility index (Phi) is 5.74. The zero-order valence-corrected chi connectivity index (χ0v) is 18.3. The molecule has 2 heterocycles. The molecule has 0 saturated carbocycles. The molecule has 1 aromatic carbocycles. The molecule has 1 aliphatic rings. The Labute approximate surface area is 184 Å². The molecule has 0 fully saturated rings. The number of anilines is 2. The smallest absolute Gasteiger partial charge is 0.333 e. The third kappa shape index (κ3) is 4.24. The topological polar surface area (TPSA) is 117 Å². The zero-order valence-electron chi connectivity index (χ0n) is 17.5. The number of carbonyl (C=O) groups excluding carboxylic acids is 1. The van der Waals surface area contributed by atoms with E-state index in [2.05, 4.69) is 20.5 Å². The maximum absolute atomic E-state index is 14.7. The van der Waals surface area contributed by atoms with E-state index in [-0.39, 0.29) is 5.82 Å². The molecule has 9 nitrogen and oxygen atoms in total. The van der Waals surface area contributed by atoms with Crippen LogP contribution in [-0.4, -0.2) is 43.7 Å². The van der Waals surface area contributed by atoms with Crippen LogP contribution in [0.4, 0.5) is 20.6 Å². The molecule has 2 N–H and O–H groups in total. The average Bonchev–Trinajstić information content (AvgIpc) is 3.27. The molecule has 4 rings (SSSR count). The number of aromatic nitrogens is 3. The van der Waals surface area contributed by atoms with E-state index in [0.29, 0.717) is 46.5 Å². The molecule has 0 unspecified atom stereocenters. The summed E-state index contributed by atoms with van der Waals surface area (Å²) in [5.74, 6) is -0.348. The van der Waals surface area contributed by atoms with Crippen LogP contribution in [0.25, 0.3) is 11.1 Å². The number of halogens is 1. The van der Waals surface area contributed by atoms with Crippen molar-refractivity contribution in [3.05, 3.63) is 59.8 Å². The summed E-state index contributed by atoms with van der Waals surface area (Å²) in [7, 11) is -0.831. The van der Waals surface area contributed by atoms with Crippen LogP contribution in [0.1, 0.15) is 17.5 Å². The van der Waals surface area contributed by atoms with Gasteiger partial charge in [0.05, 0.1) is 17.6 Å². The summed E-state index contributed by atoms with van der Waals surface area (Å²) in [5.41, 5.74) is 3.19. The summed E-state index contributed by atoms with van der Waals surface area (Å²) in [4.78, 5) is 18.4. The average molecular weight is 457 g/mol. The molecule has 1 aliphatic carbocycles. The second kappa shape index (κ2) is 8.50. The molecule has 32 heavy (non-hydrogen) atoms. The normalized spacial score (nSPS) is 12.8. The highest BCUT2D eigenvalue weighted by atomic mass is 32.2. The minimum atomic E-state index is -4.28. The van der Waals surface area contributed by atoms with E-state index in [1.165, 1.54) is 18.3 Å². The number of carbonyl (C=O) groups is 1. The minimum absolute atomic E-state index is 0.348. The van der Waals surface area contributed by atoms with Crippen LogP contribution in [0.5, 0.6) is 0 Å². The number of hydrogen-bond donors (Lipinski definition) is 2. The van der Waals surface area contributed by atoms with Crippen molar-refractivity contribution in [1.29, 1.82) is 0 Å². The zero-order chi connectivity index (χ0) is 22.9. The van der Waals surface area contributed by atoms with Crippen LogP contribution in [0.2, 0.25) is 0 Å². The molecule has 0 aliphatic heterocycles. The summed E-state index contributed by atoms with van der Waals surface area (Å²) >= 11 is 0. The van der Waals surface area contributed by atoms with E-state index in [9.17, 15) is 17.6 Å². The van der Waals surface area contributed by atoms with Gasteiger partial charge in [-0.25, -0.2) is 13.9 Å². The molecule has 2 aromatic heterocycles. The van der Waals surface area contributed by atoms with Crippen molar-refractivity contribution in [2.24, 2.45) is 0 Å². The first-order valence-corrected chi connectivity index (χ1v) is 11.3. The number of rotatable bonds is 5. The number of urea groups is 1. The molecule has 0 spiro atoms. The van der Waals surface area contributed by atoms with Gasteiger partial charge in [-0.2, -0.15) is 13.5 Å². The number of hydrogen-bond acceptors (Lipinski definition) is 7. The maximum atomic E-state index is 14.7. The van der Waals surface area contributed by atoms with Crippen LogP contribution >= 0.6 is 0 Å². The molecular weight excluding hydrogens is 435 g/mol. The Morgan fingerprint density at radius 2 is 1.84 bits per heavy atom. The Morgan fingerprint density at radius 1 is 1.12 bits per heavy atom. The number of sulfonamides is 1. The van der Waals surface area contributed by atoms with Gasteiger partial charge in [0.15, 0.2) is 5.03 Å². The van der Waals surface area contributed by atoms with Crippen LogP contribution in [0.15, 0.2) is 47.9 Å². The van der Waals surface area contributed by atoms with Crippen molar-refractivity contribution in [2.75, 3.05) is 24.3 Å². The first kappa shape index (κ1) is 21.6. The van der Waals surface area contributed by atoms with Crippen LogP contribution in [-0.2, 0) is 22.9 Å². The van der Waals surface area contributed by atoms with Crippen molar-refractivity contribution in [1.82, 2.24) is 19.9 Å². The van der Waals surface area contributed by atoms with E-state index in [1.807, 2.05) is 4.72 Å². The first-order chi connectivity index (χ1) is 15.3.